The van der Waals surface area contributed by atoms with Crippen molar-refractivity contribution in [1.82, 2.24) is 19.6 Å². The molecule has 8 nitrogen and oxygen atoms in total. The van der Waals surface area contributed by atoms with Gasteiger partial charge in [0.25, 0.3) is 0 Å². The van der Waals surface area contributed by atoms with Crippen LogP contribution in [0.4, 0.5) is 8.78 Å². The van der Waals surface area contributed by atoms with Crippen molar-refractivity contribution in [2.24, 2.45) is 11.7 Å². The number of sulfone groups is 1. The predicted molar refractivity (Wildman–Crippen MR) is 155 cm³/mol. The Balaban J connectivity index is 1.32. The zero-order valence-electron chi connectivity index (χ0n) is 23.7. The summed E-state index contributed by atoms with van der Waals surface area (Å²) in [6.07, 6.45) is 10.6. The first-order valence-electron chi connectivity index (χ1n) is 14.4. The number of aliphatic hydroxyl groups is 1. The first kappa shape index (κ1) is 28.8. The third-order valence-corrected chi connectivity index (χ3v) is 10.9. The number of benzene rings is 1. The van der Waals surface area contributed by atoms with E-state index in [0.717, 1.165) is 24.0 Å². The lowest BCUT2D eigenvalue weighted by atomic mass is 9.75. The lowest BCUT2D eigenvalue weighted by Crippen LogP contribution is -2.48. The molecule has 0 bridgehead atoms. The third-order valence-electron chi connectivity index (χ3n) is 9.14. The van der Waals surface area contributed by atoms with Crippen molar-refractivity contribution in [3.8, 4) is 11.3 Å². The second-order valence-electron chi connectivity index (χ2n) is 12.1. The molecule has 1 aromatic carbocycles. The molecule has 0 unspecified atom stereocenters. The Hall–Kier alpha value is -3.28. The van der Waals surface area contributed by atoms with Crippen LogP contribution in [-0.2, 0) is 21.9 Å². The Morgan fingerprint density at radius 2 is 1.81 bits per heavy atom. The largest absolute Gasteiger partial charge is 0.385 e. The first-order valence-corrected chi connectivity index (χ1v) is 16.3. The molecular formula is C31H35F2N5O3S. The molecule has 3 N–H and O–H groups in total. The first-order chi connectivity index (χ1) is 19.9. The van der Waals surface area contributed by atoms with Crippen LogP contribution in [0.25, 0.3) is 16.8 Å². The molecule has 3 aromatic heterocycles. The summed E-state index contributed by atoms with van der Waals surface area (Å²) in [5, 5.41) is 14.9. The maximum atomic E-state index is 15.3. The predicted octanol–water partition coefficient (Wildman–Crippen LogP) is 4.68. The highest BCUT2D eigenvalue weighted by Crippen LogP contribution is 2.41. The maximum Gasteiger partial charge on any atom is 0.152 e. The zero-order valence-corrected chi connectivity index (χ0v) is 24.5. The SMILES string of the molecule is C[C@H]1C[C@@H](c2ccncc2Cc2ncc3ccc(-c4c(F)cc(C5(O)CCCC5)cc4F)nn23)C[C@@H](N)[C@@H]1S(C)(=O)=O. The minimum atomic E-state index is -3.27. The van der Waals surface area contributed by atoms with Gasteiger partial charge in [0, 0.05) is 31.1 Å². The molecule has 2 fully saturated rings. The van der Waals surface area contributed by atoms with Gasteiger partial charge in [-0.05, 0) is 84.5 Å². The normalized spacial score (nSPS) is 24.3. The van der Waals surface area contributed by atoms with E-state index < -0.39 is 38.4 Å². The number of imidazole rings is 1. The molecule has 6 rings (SSSR count). The van der Waals surface area contributed by atoms with Gasteiger partial charge in [-0.1, -0.05) is 19.8 Å². The fourth-order valence-corrected chi connectivity index (χ4v) is 8.94. The smallest absolute Gasteiger partial charge is 0.152 e. The highest BCUT2D eigenvalue weighted by Gasteiger charge is 2.40. The van der Waals surface area contributed by atoms with Crippen LogP contribution in [-0.4, -0.2) is 50.7 Å². The average Bonchev–Trinajstić information content (AvgIpc) is 3.54. The summed E-state index contributed by atoms with van der Waals surface area (Å²) in [6, 6.07) is 7.18. The van der Waals surface area contributed by atoms with Gasteiger partial charge in [0.05, 0.1) is 33.8 Å². The Bertz CT molecular complexity index is 1720. The van der Waals surface area contributed by atoms with Crippen LogP contribution in [0.15, 0.2) is 48.9 Å². The zero-order chi connectivity index (χ0) is 29.8. The summed E-state index contributed by atoms with van der Waals surface area (Å²) in [5.41, 5.74) is 7.92. The molecule has 4 aromatic rings. The van der Waals surface area contributed by atoms with Gasteiger partial charge in [0.15, 0.2) is 9.84 Å². The molecule has 11 heteroatoms. The summed E-state index contributed by atoms with van der Waals surface area (Å²) >= 11 is 0. The van der Waals surface area contributed by atoms with Crippen molar-refractivity contribution in [2.75, 3.05) is 6.26 Å². The van der Waals surface area contributed by atoms with Crippen LogP contribution >= 0.6 is 0 Å². The van der Waals surface area contributed by atoms with E-state index in [9.17, 15) is 13.5 Å². The van der Waals surface area contributed by atoms with Crippen molar-refractivity contribution in [3.05, 3.63) is 83.1 Å². The van der Waals surface area contributed by atoms with Crippen LogP contribution in [0.1, 0.15) is 73.9 Å². The minimum absolute atomic E-state index is 0.0529. The summed E-state index contributed by atoms with van der Waals surface area (Å²) in [6.45, 7) is 1.94. The quantitative estimate of drug-likeness (QED) is 0.332. The van der Waals surface area contributed by atoms with Gasteiger partial charge < -0.3 is 10.8 Å². The fraction of sp³-hybridized carbons (Fsp3) is 0.452. The van der Waals surface area contributed by atoms with Gasteiger partial charge in [0.2, 0.25) is 0 Å². The molecular weight excluding hydrogens is 560 g/mol. The van der Waals surface area contributed by atoms with E-state index in [-0.39, 0.29) is 28.7 Å². The van der Waals surface area contributed by atoms with E-state index in [1.165, 1.54) is 18.4 Å². The molecule has 0 spiro atoms. The molecule has 3 heterocycles. The van der Waals surface area contributed by atoms with Gasteiger partial charge in [0.1, 0.15) is 17.5 Å². The second kappa shape index (κ2) is 10.8. The molecule has 2 saturated carbocycles. The molecule has 0 amide bonds. The molecule has 42 heavy (non-hydrogen) atoms. The van der Waals surface area contributed by atoms with E-state index in [1.807, 2.05) is 13.0 Å². The molecule has 222 valence electrons. The highest BCUT2D eigenvalue weighted by molar-refractivity contribution is 7.91. The Labute approximate surface area is 243 Å². The topological polar surface area (TPSA) is 123 Å². The Morgan fingerprint density at radius 1 is 1.10 bits per heavy atom. The fourth-order valence-electron chi connectivity index (χ4n) is 7.23. The van der Waals surface area contributed by atoms with Crippen LogP contribution in [0.2, 0.25) is 0 Å². The van der Waals surface area contributed by atoms with Gasteiger partial charge in [-0.25, -0.2) is 26.7 Å². The number of nitrogens with zero attached hydrogens (tertiary/aromatic N) is 4. The lowest BCUT2D eigenvalue weighted by Gasteiger charge is -2.38. The number of halogens is 2. The molecule has 0 aliphatic heterocycles. The lowest BCUT2D eigenvalue weighted by molar-refractivity contribution is 0.0438. The number of aromatic nitrogens is 4. The summed E-state index contributed by atoms with van der Waals surface area (Å²) in [4.78, 5) is 8.88. The van der Waals surface area contributed by atoms with E-state index in [1.54, 1.807) is 35.2 Å². The van der Waals surface area contributed by atoms with Gasteiger partial charge in [-0.2, -0.15) is 5.10 Å². The number of fused-ring (bicyclic) bond motifs is 1. The number of pyridine rings is 1. The van der Waals surface area contributed by atoms with Crippen molar-refractivity contribution in [3.63, 3.8) is 0 Å². The van der Waals surface area contributed by atoms with E-state index >= 15 is 8.78 Å². The molecule has 2 aliphatic carbocycles. The standard InChI is InChI=1S/C31H35F2N5O3S/c1-18-11-19(12-26(34)30(18)42(2,40)41)23-7-10-35-16-20(23)13-28-36-17-22-5-6-27(37-38(22)28)29-24(32)14-21(15-25(29)33)31(39)8-3-4-9-31/h5-7,10,14-19,26,30,39H,3-4,8-9,11-13,34H2,1-2H3/t18-,19+,26+,30+/m0/s1. The summed E-state index contributed by atoms with van der Waals surface area (Å²) in [5.74, 6) is -1.03. The molecule has 2 aliphatic rings. The molecule has 0 radical (unpaired) electrons. The summed E-state index contributed by atoms with van der Waals surface area (Å²) < 4.78 is 57.0. The van der Waals surface area contributed by atoms with E-state index in [4.69, 9.17) is 5.73 Å². The minimum Gasteiger partial charge on any atom is -0.385 e. The van der Waals surface area contributed by atoms with Crippen LogP contribution < -0.4 is 5.73 Å². The Kier molecular flexibility index (Phi) is 7.39. The molecule has 4 atom stereocenters. The molecule has 0 saturated heterocycles. The third kappa shape index (κ3) is 5.22. The monoisotopic (exact) mass is 595 g/mol. The van der Waals surface area contributed by atoms with Crippen LogP contribution in [0, 0.1) is 17.6 Å². The van der Waals surface area contributed by atoms with Crippen molar-refractivity contribution in [1.29, 1.82) is 0 Å². The van der Waals surface area contributed by atoms with Crippen LogP contribution in [0.3, 0.4) is 0 Å². The highest BCUT2D eigenvalue weighted by atomic mass is 32.2. The van der Waals surface area contributed by atoms with Crippen molar-refractivity contribution in [2.45, 2.75) is 74.7 Å². The van der Waals surface area contributed by atoms with Gasteiger partial charge in [-0.3, -0.25) is 4.98 Å². The van der Waals surface area contributed by atoms with E-state index in [2.05, 4.69) is 15.1 Å². The van der Waals surface area contributed by atoms with Crippen molar-refractivity contribution >= 4 is 15.4 Å². The van der Waals surface area contributed by atoms with E-state index in [0.29, 0.717) is 43.4 Å². The summed E-state index contributed by atoms with van der Waals surface area (Å²) in [7, 11) is -3.27. The average molecular weight is 596 g/mol. The second-order valence-corrected chi connectivity index (χ2v) is 14.3. The van der Waals surface area contributed by atoms with Gasteiger partial charge >= 0.3 is 0 Å². The number of hydrogen-bond acceptors (Lipinski definition) is 7. The number of rotatable bonds is 6. The maximum absolute atomic E-state index is 15.3. The number of nitrogens with two attached hydrogens (primary N) is 1. The van der Waals surface area contributed by atoms with Crippen LogP contribution in [0.5, 0.6) is 0 Å². The van der Waals surface area contributed by atoms with Crippen molar-refractivity contribution < 1.29 is 22.3 Å². The number of hydrogen-bond donors (Lipinski definition) is 2. The van der Waals surface area contributed by atoms with Gasteiger partial charge in [-0.15, -0.1) is 0 Å². The Morgan fingerprint density at radius 3 is 2.48 bits per heavy atom.